The zero-order chi connectivity index (χ0) is 33.6. The predicted octanol–water partition coefficient (Wildman–Crippen LogP) is 13.4. The summed E-state index contributed by atoms with van der Waals surface area (Å²) in [5.41, 5.74) is 17.7. The average Bonchev–Trinajstić information content (AvgIpc) is 3.66. The van der Waals surface area contributed by atoms with Crippen LogP contribution in [0.15, 0.2) is 120 Å². The Kier molecular flexibility index (Phi) is 9.71. The van der Waals surface area contributed by atoms with Crippen LogP contribution >= 0.6 is 24.8 Å². The Labute approximate surface area is 313 Å². The Morgan fingerprint density at radius 1 is 0.580 bits per heavy atom. The van der Waals surface area contributed by atoms with Crippen LogP contribution in [-0.2, 0) is 17.4 Å². The van der Waals surface area contributed by atoms with Crippen molar-refractivity contribution >= 4 is 65.4 Å². The van der Waals surface area contributed by atoms with E-state index in [1.807, 2.05) is 0 Å². The Bertz CT molecular complexity index is 2450. The van der Waals surface area contributed by atoms with Gasteiger partial charge in [-0.25, -0.2) is 0 Å². The third-order valence-corrected chi connectivity index (χ3v) is 29.4. The van der Waals surface area contributed by atoms with E-state index >= 15 is 0 Å². The molecule has 2 aliphatic carbocycles. The molecule has 2 unspecified atom stereocenters. The topological polar surface area (TPSA) is 0 Å². The molecule has 0 fully saturated rings. The van der Waals surface area contributed by atoms with Crippen molar-refractivity contribution in [3.63, 3.8) is 0 Å². The molecule has 2 aliphatic rings. The normalized spacial score (nSPS) is 16.8. The van der Waals surface area contributed by atoms with Gasteiger partial charge in [0.2, 0.25) is 0 Å². The molecule has 6 aromatic rings. The molecule has 0 nitrogen and oxygen atoms in total. The second-order valence-electron chi connectivity index (χ2n) is 16.0. The quantitative estimate of drug-likeness (QED) is 0.153. The van der Waals surface area contributed by atoms with Gasteiger partial charge in [0.05, 0.1) is 0 Å². The van der Waals surface area contributed by atoms with Crippen molar-refractivity contribution < 1.29 is 17.4 Å². The molecule has 0 amide bonds. The maximum Gasteiger partial charge on any atom is -0.147 e. The van der Waals surface area contributed by atoms with Crippen LogP contribution in [0.25, 0.3) is 56.0 Å². The van der Waals surface area contributed by atoms with Gasteiger partial charge in [-0.15, -0.1) is 24.8 Å². The van der Waals surface area contributed by atoms with Gasteiger partial charge in [-0.2, -0.15) is 0 Å². The van der Waals surface area contributed by atoms with Gasteiger partial charge in [0.1, 0.15) is 0 Å². The van der Waals surface area contributed by atoms with Gasteiger partial charge >= 0.3 is 291 Å². The largest absolute Gasteiger partial charge is 0.147 e. The zero-order valence-electron chi connectivity index (χ0n) is 30.3. The molecule has 0 spiro atoms. The summed E-state index contributed by atoms with van der Waals surface area (Å²) in [6, 6.07) is 41.0. The van der Waals surface area contributed by atoms with Crippen molar-refractivity contribution in [2.24, 2.45) is 5.92 Å². The second-order valence-corrected chi connectivity index (χ2v) is 46.5. The summed E-state index contributed by atoms with van der Waals surface area (Å²) in [4.78, 5) is 0. The van der Waals surface area contributed by atoms with Crippen LogP contribution in [0.2, 0.25) is 9.26 Å². The molecule has 0 N–H and O–H groups in total. The Morgan fingerprint density at radius 3 is 1.70 bits per heavy atom. The van der Waals surface area contributed by atoms with Crippen LogP contribution in [0.5, 0.6) is 0 Å². The van der Waals surface area contributed by atoms with Crippen molar-refractivity contribution in [1.82, 2.24) is 0 Å². The Hall–Kier alpha value is -3.00. The zero-order valence-corrected chi connectivity index (χ0v) is 35.8. The van der Waals surface area contributed by atoms with Crippen LogP contribution in [0.1, 0.15) is 61.4 Å². The number of rotatable bonds is 5. The van der Waals surface area contributed by atoms with E-state index in [2.05, 4.69) is 172 Å². The molecule has 254 valence electrons. The fourth-order valence-electron chi connectivity index (χ4n) is 9.78. The molecule has 2 atom stereocenters. The number of allylic oxidation sites excluding steroid dienone is 2. The number of benzene rings is 6. The number of hydrogen-bond donors (Lipinski definition) is 0. The van der Waals surface area contributed by atoms with Gasteiger partial charge in [-0.05, 0) is 0 Å². The first-order chi connectivity index (χ1) is 22.9. The van der Waals surface area contributed by atoms with Crippen molar-refractivity contribution in [1.29, 1.82) is 0 Å². The Balaban J connectivity index is 0.00000216. The maximum atomic E-state index is 2.79. The minimum Gasteiger partial charge on any atom is -0.147 e. The van der Waals surface area contributed by atoms with Crippen molar-refractivity contribution in [2.45, 2.75) is 51.1 Å². The van der Waals surface area contributed by atoms with Gasteiger partial charge in [-0.1, -0.05) is 0 Å². The molecular formula is C46H48Cl2SiZr. The molecule has 0 radical (unpaired) electrons. The third-order valence-electron chi connectivity index (χ3n) is 11.9. The standard InChI is InChI=1S/2C22H19.2CH3.2ClH.H2Si.Zr/c1-14-11-20-16(3)15(2)13-22(21(20)12-14)19-10-6-8-17-7-4-5-9-18(17)19;1-15(2)18-13-17-9-6-12-21(22(17)14-18)20-11-5-8-16-7-3-4-10-19(16)20;;;;;;/h4-13H,1-3H3;3-15H,1-2H3;2*1H3;2*1H;1H2;. The minimum absolute atomic E-state index is 0. The first-order valence-corrected chi connectivity index (χ1v) is 31.3. The molecule has 0 aliphatic heterocycles. The molecule has 8 rings (SSSR count). The van der Waals surface area contributed by atoms with E-state index in [-0.39, 0.29) is 24.8 Å². The van der Waals surface area contributed by atoms with Crippen LogP contribution in [0.4, 0.5) is 0 Å². The average molecular weight is 791 g/mol. The van der Waals surface area contributed by atoms with Crippen molar-refractivity contribution in [3.05, 3.63) is 154 Å². The molecule has 0 saturated heterocycles. The monoisotopic (exact) mass is 788 g/mol. The summed E-state index contributed by atoms with van der Waals surface area (Å²) >= 11 is -3.80. The molecule has 0 aromatic heterocycles. The smallest absolute Gasteiger partial charge is 0.147 e. The summed E-state index contributed by atoms with van der Waals surface area (Å²) in [7, 11) is 0. The van der Waals surface area contributed by atoms with E-state index in [4.69, 9.17) is 0 Å². The number of aryl methyl sites for hydroxylation is 1. The summed E-state index contributed by atoms with van der Waals surface area (Å²) < 4.78 is 6.54. The minimum atomic E-state index is -3.80. The van der Waals surface area contributed by atoms with E-state index < -0.39 is 17.4 Å². The van der Waals surface area contributed by atoms with Gasteiger partial charge < -0.3 is 0 Å². The summed E-state index contributed by atoms with van der Waals surface area (Å²) in [5.74, 6) is 0.482. The van der Waals surface area contributed by atoms with Crippen LogP contribution < -0.4 is 0 Å². The van der Waals surface area contributed by atoms with Gasteiger partial charge in [0.25, 0.3) is 0 Å². The van der Waals surface area contributed by atoms with Crippen LogP contribution in [-0.4, -0.2) is 6.88 Å². The Morgan fingerprint density at radius 2 is 1.10 bits per heavy atom. The first-order valence-electron chi connectivity index (χ1n) is 17.6. The fraction of sp³-hybridized carbons (Fsp3) is 0.217. The molecule has 50 heavy (non-hydrogen) atoms. The SMILES string of the molecule is CC1=Cc2c(-c3cccc4ccccc34)cc(C)c(C)c2[CH]1[Zr]([CH3])([CH3])(=[SiH2])[CH]1C(C(C)C)=Cc2c(-c3cccc4ccccc34)cccc21.Cl.Cl. The molecule has 4 heteroatoms. The van der Waals surface area contributed by atoms with Gasteiger partial charge in [0.15, 0.2) is 0 Å². The number of fused-ring (bicyclic) bond motifs is 4. The molecule has 0 saturated carbocycles. The van der Waals surface area contributed by atoms with Gasteiger partial charge in [-0.3, -0.25) is 0 Å². The third kappa shape index (κ3) is 5.58. The summed E-state index contributed by atoms with van der Waals surface area (Å²) in [6.07, 6.45) is 5.20. The molecular weight excluding hydrogens is 743 g/mol. The molecule has 0 bridgehead atoms. The van der Waals surface area contributed by atoms with Crippen molar-refractivity contribution in [2.75, 3.05) is 0 Å². The van der Waals surface area contributed by atoms with E-state index in [9.17, 15) is 0 Å². The van der Waals surface area contributed by atoms with Gasteiger partial charge in [0, 0.05) is 0 Å². The summed E-state index contributed by atoms with van der Waals surface area (Å²) in [6.45, 7) is 14.5. The predicted molar refractivity (Wildman–Crippen MR) is 225 cm³/mol. The van der Waals surface area contributed by atoms with Crippen LogP contribution in [0, 0.1) is 19.8 Å². The van der Waals surface area contributed by atoms with E-state index in [1.165, 1.54) is 66.1 Å². The molecule has 0 heterocycles. The van der Waals surface area contributed by atoms with E-state index in [1.54, 1.807) is 22.3 Å². The fourth-order valence-corrected chi connectivity index (χ4v) is 30.4. The van der Waals surface area contributed by atoms with Crippen molar-refractivity contribution in [3.8, 4) is 22.3 Å². The number of hydrogen-bond acceptors (Lipinski definition) is 0. The van der Waals surface area contributed by atoms with E-state index in [0.29, 0.717) is 13.2 Å². The number of halogens is 2. The summed E-state index contributed by atoms with van der Waals surface area (Å²) in [5, 5.41) is 5.29. The van der Waals surface area contributed by atoms with E-state index in [0.717, 1.165) is 0 Å². The maximum absolute atomic E-state index is 3.80. The first kappa shape index (κ1) is 36.8. The molecule has 6 aromatic carbocycles. The van der Waals surface area contributed by atoms with Crippen LogP contribution in [0.3, 0.4) is 0 Å². The second kappa shape index (κ2) is 13.2.